The molecule has 1 aromatic heterocycles. The molecule has 3 aromatic rings. The summed E-state index contributed by atoms with van der Waals surface area (Å²) in [7, 11) is 3.22. The summed E-state index contributed by atoms with van der Waals surface area (Å²) in [6.07, 6.45) is 0.403. The van der Waals surface area contributed by atoms with Crippen molar-refractivity contribution in [3.8, 4) is 11.5 Å². The first-order valence-corrected chi connectivity index (χ1v) is 9.63. The molecule has 0 radical (unpaired) electrons. The van der Waals surface area contributed by atoms with E-state index in [9.17, 15) is 4.79 Å². The molecular weight excluding hydrogens is 366 g/mol. The Hall–Kier alpha value is -3.28. The summed E-state index contributed by atoms with van der Waals surface area (Å²) in [5, 5.41) is 0. The molecular formula is C23H25N3O3. The van der Waals surface area contributed by atoms with Crippen LogP contribution in [0.5, 0.6) is 11.5 Å². The molecule has 0 saturated carbocycles. The lowest BCUT2D eigenvalue weighted by Gasteiger charge is -2.20. The summed E-state index contributed by atoms with van der Waals surface area (Å²) >= 11 is 0. The number of fused-ring (bicyclic) bond motifs is 1. The SMILES string of the molecule is C=C(C)Cn1c(C2CC(=O)N(c3cc(OC)ccc3OC)C2)nc2ccccc21. The van der Waals surface area contributed by atoms with Crippen molar-refractivity contribution in [2.24, 2.45) is 0 Å². The number of hydrogen-bond acceptors (Lipinski definition) is 4. The van der Waals surface area contributed by atoms with Crippen molar-refractivity contribution >= 4 is 22.6 Å². The van der Waals surface area contributed by atoms with Crippen LogP contribution in [0.1, 0.15) is 25.1 Å². The number of amides is 1. The maximum atomic E-state index is 12.9. The lowest BCUT2D eigenvalue weighted by atomic mass is 10.1. The van der Waals surface area contributed by atoms with Gasteiger partial charge in [-0.25, -0.2) is 4.98 Å². The topological polar surface area (TPSA) is 56.6 Å². The minimum atomic E-state index is -0.00911. The van der Waals surface area contributed by atoms with Crippen molar-refractivity contribution in [2.75, 3.05) is 25.7 Å². The highest BCUT2D eigenvalue weighted by Gasteiger charge is 2.36. The average Bonchev–Trinajstić information content (AvgIpc) is 3.28. The number of allylic oxidation sites excluding steroid dienone is 1. The van der Waals surface area contributed by atoms with Crippen LogP contribution in [0.2, 0.25) is 0 Å². The van der Waals surface area contributed by atoms with Crippen LogP contribution in [0.25, 0.3) is 11.0 Å². The predicted molar refractivity (Wildman–Crippen MR) is 114 cm³/mol. The molecule has 1 saturated heterocycles. The Morgan fingerprint density at radius 1 is 1.21 bits per heavy atom. The van der Waals surface area contributed by atoms with E-state index >= 15 is 0 Å². The van der Waals surface area contributed by atoms with Crippen molar-refractivity contribution in [2.45, 2.75) is 25.8 Å². The second kappa shape index (κ2) is 7.62. The minimum absolute atomic E-state index is 0.00911. The molecule has 1 amide bonds. The Labute approximate surface area is 170 Å². The van der Waals surface area contributed by atoms with E-state index in [-0.39, 0.29) is 11.8 Å². The number of carbonyl (C=O) groups is 1. The fourth-order valence-corrected chi connectivity index (χ4v) is 3.96. The van der Waals surface area contributed by atoms with Crippen LogP contribution >= 0.6 is 0 Å². The number of benzene rings is 2. The first kappa shape index (κ1) is 19.1. The number of carbonyl (C=O) groups excluding carboxylic acids is 1. The number of aromatic nitrogens is 2. The number of imidazole rings is 1. The molecule has 29 heavy (non-hydrogen) atoms. The van der Waals surface area contributed by atoms with E-state index in [0.29, 0.717) is 31.0 Å². The third kappa shape index (κ3) is 3.46. The van der Waals surface area contributed by atoms with E-state index in [1.807, 2.05) is 43.3 Å². The second-order valence-corrected chi connectivity index (χ2v) is 7.45. The van der Waals surface area contributed by atoms with Crippen LogP contribution in [-0.2, 0) is 11.3 Å². The van der Waals surface area contributed by atoms with E-state index in [1.165, 1.54) is 0 Å². The molecule has 0 aliphatic carbocycles. The van der Waals surface area contributed by atoms with Crippen molar-refractivity contribution in [1.82, 2.24) is 9.55 Å². The van der Waals surface area contributed by atoms with Gasteiger partial charge in [-0.05, 0) is 31.2 Å². The van der Waals surface area contributed by atoms with Gasteiger partial charge >= 0.3 is 0 Å². The van der Waals surface area contributed by atoms with Gasteiger partial charge in [0, 0.05) is 31.5 Å². The number of hydrogen-bond donors (Lipinski definition) is 0. The van der Waals surface area contributed by atoms with Gasteiger partial charge in [-0.15, -0.1) is 0 Å². The number of methoxy groups -OCH3 is 2. The van der Waals surface area contributed by atoms with Gasteiger partial charge in [0.25, 0.3) is 0 Å². The van der Waals surface area contributed by atoms with Crippen LogP contribution in [0, 0.1) is 0 Å². The Bertz CT molecular complexity index is 1090. The molecule has 6 heteroatoms. The van der Waals surface area contributed by atoms with Crippen molar-refractivity contribution in [3.63, 3.8) is 0 Å². The third-order valence-electron chi connectivity index (χ3n) is 5.28. The molecule has 1 aliphatic heterocycles. The fourth-order valence-electron chi connectivity index (χ4n) is 3.96. The summed E-state index contributed by atoms with van der Waals surface area (Å²) in [5.74, 6) is 2.30. The standard InChI is InChI=1S/C23H25N3O3/c1-15(2)13-26-19-8-6-5-7-18(19)24-23(26)16-11-22(27)25(14-16)20-12-17(28-3)9-10-21(20)29-4/h5-10,12,16H,1,11,13-14H2,2-4H3. The lowest BCUT2D eigenvalue weighted by Crippen LogP contribution is -2.25. The van der Waals surface area contributed by atoms with Gasteiger partial charge in [0.1, 0.15) is 17.3 Å². The third-order valence-corrected chi connectivity index (χ3v) is 5.28. The molecule has 2 heterocycles. The van der Waals surface area contributed by atoms with E-state index in [1.54, 1.807) is 19.1 Å². The first-order chi connectivity index (χ1) is 14.0. The minimum Gasteiger partial charge on any atom is -0.497 e. The Kier molecular flexibility index (Phi) is 5.01. The van der Waals surface area contributed by atoms with E-state index in [4.69, 9.17) is 14.5 Å². The average molecular weight is 391 g/mol. The Balaban J connectivity index is 1.73. The zero-order valence-electron chi connectivity index (χ0n) is 17.0. The highest BCUT2D eigenvalue weighted by atomic mass is 16.5. The number of ether oxygens (including phenoxy) is 2. The molecule has 0 bridgehead atoms. The van der Waals surface area contributed by atoms with Crippen LogP contribution in [0.4, 0.5) is 5.69 Å². The molecule has 0 spiro atoms. The summed E-state index contributed by atoms with van der Waals surface area (Å²) in [6, 6.07) is 13.6. The van der Waals surface area contributed by atoms with Gasteiger partial charge in [0.05, 0.1) is 30.9 Å². The summed E-state index contributed by atoms with van der Waals surface area (Å²) in [6.45, 7) is 7.30. The van der Waals surface area contributed by atoms with E-state index in [0.717, 1.165) is 28.1 Å². The molecule has 1 fully saturated rings. The van der Waals surface area contributed by atoms with Crippen molar-refractivity contribution < 1.29 is 14.3 Å². The van der Waals surface area contributed by atoms with Crippen LogP contribution in [-0.4, -0.2) is 36.2 Å². The summed E-state index contributed by atoms with van der Waals surface area (Å²) < 4.78 is 13.0. The van der Waals surface area contributed by atoms with E-state index in [2.05, 4.69) is 17.2 Å². The van der Waals surface area contributed by atoms with Gasteiger partial charge in [0.15, 0.2) is 0 Å². The monoisotopic (exact) mass is 391 g/mol. The first-order valence-electron chi connectivity index (χ1n) is 9.63. The molecule has 0 N–H and O–H groups in total. The zero-order valence-corrected chi connectivity index (χ0v) is 17.0. The maximum absolute atomic E-state index is 12.9. The number of rotatable bonds is 6. The Morgan fingerprint density at radius 3 is 2.72 bits per heavy atom. The van der Waals surface area contributed by atoms with E-state index < -0.39 is 0 Å². The molecule has 1 unspecified atom stereocenters. The highest BCUT2D eigenvalue weighted by Crippen LogP contribution is 2.39. The fraction of sp³-hybridized carbons (Fsp3) is 0.304. The maximum Gasteiger partial charge on any atom is 0.227 e. The highest BCUT2D eigenvalue weighted by molar-refractivity contribution is 5.98. The lowest BCUT2D eigenvalue weighted by molar-refractivity contribution is -0.117. The van der Waals surface area contributed by atoms with Gasteiger partial charge in [-0.1, -0.05) is 24.3 Å². The van der Waals surface area contributed by atoms with Gasteiger partial charge in [-0.2, -0.15) is 0 Å². The normalized spacial score (nSPS) is 16.4. The summed E-state index contributed by atoms with van der Waals surface area (Å²) in [5.41, 5.74) is 3.77. The molecule has 2 aromatic carbocycles. The molecule has 150 valence electrons. The molecule has 1 aliphatic rings. The van der Waals surface area contributed by atoms with Gasteiger partial charge < -0.3 is 18.9 Å². The van der Waals surface area contributed by atoms with Crippen LogP contribution in [0.15, 0.2) is 54.6 Å². The summed E-state index contributed by atoms with van der Waals surface area (Å²) in [4.78, 5) is 19.6. The largest absolute Gasteiger partial charge is 0.497 e. The van der Waals surface area contributed by atoms with Crippen molar-refractivity contribution in [3.05, 3.63) is 60.4 Å². The molecule has 1 atom stereocenters. The Morgan fingerprint density at radius 2 is 2.00 bits per heavy atom. The quantitative estimate of drug-likeness (QED) is 0.593. The van der Waals surface area contributed by atoms with Crippen LogP contribution in [0.3, 0.4) is 0 Å². The van der Waals surface area contributed by atoms with Crippen molar-refractivity contribution in [1.29, 1.82) is 0 Å². The molecule has 4 rings (SSSR count). The number of nitrogens with zero attached hydrogens (tertiary/aromatic N) is 3. The predicted octanol–water partition coefficient (Wildman–Crippen LogP) is 4.15. The van der Waals surface area contributed by atoms with Gasteiger partial charge in [0.2, 0.25) is 5.91 Å². The van der Waals surface area contributed by atoms with Crippen LogP contribution < -0.4 is 14.4 Å². The van der Waals surface area contributed by atoms with Gasteiger partial charge in [-0.3, -0.25) is 4.79 Å². The zero-order chi connectivity index (χ0) is 20.5. The second-order valence-electron chi connectivity index (χ2n) is 7.45. The number of para-hydroxylation sites is 2. The number of anilines is 1. The molecule has 6 nitrogen and oxygen atoms in total. The smallest absolute Gasteiger partial charge is 0.227 e.